The van der Waals surface area contributed by atoms with Gasteiger partial charge in [0.05, 0.1) is 35.9 Å². The van der Waals surface area contributed by atoms with Crippen molar-refractivity contribution < 1.29 is 86.1 Å². The Kier molecular flexibility index (Phi) is 11.3. The van der Waals surface area contributed by atoms with Crippen LogP contribution < -0.4 is 5.32 Å². The van der Waals surface area contributed by atoms with E-state index in [2.05, 4.69) is 5.32 Å². The van der Waals surface area contributed by atoms with Crippen molar-refractivity contribution in [3.8, 4) is 0 Å². The summed E-state index contributed by atoms with van der Waals surface area (Å²) in [5.41, 5.74) is -9.26. The first-order chi connectivity index (χ1) is 29.4. The molecule has 1 spiro atoms. The Morgan fingerprint density at radius 2 is 1.62 bits per heavy atom. The van der Waals surface area contributed by atoms with Gasteiger partial charge < -0.3 is 57.8 Å². The maximum absolute atomic E-state index is 15.6. The zero-order valence-electron chi connectivity index (χ0n) is 36.2. The van der Waals surface area contributed by atoms with E-state index in [0.29, 0.717) is 0 Å². The van der Waals surface area contributed by atoms with E-state index in [4.69, 9.17) is 42.3 Å². The van der Waals surface area contributed by atoms with Crippen molar-refractivity contribution in [1.29, 1.82) is 0 Å². The number of hydrogen-bond acceptors (Lipinski definition) is 18. The van der Waals surface area contributed by atoms with Gasteiger partial charge in [0.1, 0.15) is 23.5 Å². The molecule has 63 heavy (non-hydrogen) atoms. The second-order valence-corrected chi connectivity index (χ2v) is 18.3. The lowest BCUT2D eigenvalue weighted by atomic mass is 9.44. The van der Waals surface area contributed by atoms with Gasteiger partial charge in [-0.2, -0.15) is 0 Å². The number of rotatable bonds is 9. The normalized spacial score (nSPS) is 33.7. The van der Waals surface area contributed by atoms with Gasteiger partial charge in [0.2, 0.25) is 5.60 Å². The van der Waals surface area contributed by atoms with Gasteiger partial charge in [-0.1, -0.05) is 32.0 Å². The van der Waals surface area contributed by atoms with E-state index in [1.165, 1.54) is 58.2 Å². The Morgan fingerprint density at radius 3 is 2.19 bits per heavy atom. The third-order valence-corrected chi connectivity index (χ3v) is 13.0. The van der Waals surface area contributed by atoms with Gasteiger partial charge in [-0.15, -0.1) is 0 Å². The van der Waals surface area contributed by atoms with Crippen LogP contribution in [0.5, 0.6) is 0 Å². The number of ketones is 1. The first kappa shape index (κ1) is 45.2. The summed E-state index contributed by atoms with van der Waals surface area (Å²) in [4.78, 5) is 97.5. The number of esters is 4. The molecule has 1 aromatic carbocycles. The lowest BCUT2D eigenvalue weighted by Gasteiger charge is -2.67. The van der Waals surface area contributed by atoms with E-state index >= 15 is 4.79 Å². The molecule has 12 atom stereocenters. The van der Waals surface area contributed by atoms with Crippen LogP contribution in [0.1, 0.15) is 90.9 Å². The summed E-state index contributed by atoms with van der Waals surface area (Å²) in [5.74, 6) is -6.86. The van der Waals surface area contributed by atoms with Crippen molar-refractivity contribution in [3.05, 3.63) is 71.2 Å². The fraction of sp³-hybridized carbons (Fsp3) is 0.568. The van der Waals surface area contributed by atoms with E-state index in [1.54, 1.807) is 39.0 Å². The van der Waals surface area contributed by atoms with Gasteiger partial charge in [-0.3, -0.25) is 14.4 Å². The second-order valence-electron chi connectivity index (χ2n) is 18.3. The van der Waals surface area contributed by atoms with Gasteiger partial charge in [-0.25, -0.2) is 19.2 Å². The fourth-order valence-electron chi connectivity index (χ4n) is 10.3. The highest BCUT2D eigenvalue weighted by molar-refractivity contribution is 5.96. The average molecular weight is 882 g/mol. The van der Waals surface area contributed by atoms with Crippen molar-refractivity contribution in [3.63, 3.8) is 0 Å². The molecule has 3 heterocycles. The molecular formula is C44H51NO18. The molecule has 2 aliphatic heterocycles. The quantitative estimate of drug-likeness (QED) is 0.185. The van der Waals surface area contributed by atoms with Crippen LogP contribution in [0.4, 0.5) is 9.59 Å². The highest BCUT2D eigenvalue weighted by atomic mass is 16.8. The van der Waals surface area contributed by atoms with E-state index < -0.39 is 124 Å². The Hall–Kier alpha value is -5.79. The number of hydrogen-bond donors (Lipinski definition) is 3. The standard InChI is InChI=1S/C44H51NO18/c1-20-27-31(57-21(2)46)33(50)42(9)25(48)18-26-43(19-56-26,61-22(3)47)32(42)35(59-36(51)23-14-11-10-12-15-23)44(41(27,7)8)34(60-39(54)63-44)30(20)58-37(52)29(49)28(24-16-13-17-55-24)45-38(53)62-40(4,5)6/h10-17,25-26,28-32,34-35,48-49H,18-19H2,1-9H3,(H,45,53)/t25-,26+,28-,29+,30+,31+,32?,34-,35?,42+,43-,44+/m0/s1. The first-order valence-corrected chi connectivity index (χ1v) is 20.4. The topological polar surface area (TPSA) is 259 Å². The molecular weight excluding hydrogens is 830 g/mol. The van der Waals surface area contributed by atoms with Crippen molar-refractivity contribution in [2.75, 3.05) is 6.61 Å². The summed E-state index contributed by atoms with van der Waals surface area (Å²) in [6.45, 7) is 12.4. The summed E-state index contributed by atoms with van der Waals surface area (Å²) in [6, 6.07) is 8.88. The number of aliphatic hydroxyl groups excluding tert-OH is 2. The van der Waals surface area contributed by atoms with Crippen LogP contribution in [0.2, 0.25) is 0 Å². The largest absolute Gasteiger partial charge is 0.509 e. The summed E-state index contributed by atoms with van der Waals surface area (Å²) >= 11 is 0. The Morgan fingerprint density at radius 1 is 0.937 bits per heavy atom. The number of nitrogens with one attached hydrogen (secondary N) is 1. The summed E-state index contributed by atoms with van der Waals surface area (Å²) in [5, 5.41) is 26.3. The minimum absolute atomic E-state index is 0.00577. The lowest BCUT2D eigenvalue weighted by Crippen LogP contribution is -2.83. The molecule has 2 saturated carbocycles. The molecule has 4 fully saturated rings. The predicted octanol–water partition coefficient (Wildman–Crippen LogP) is 3.58. The predicted molar refractivity (Wildman–Crippen MR) is 210 cm³/mol. The van der Waals surface area contributed by atoms with Crippen LogP contribution >= 0.6 is 0 Å². The molecule has 2 unspecified atom stereocenters. The molecule has 1 amide bonds. The van der Waals surface area contributed by atoms with Crippen LogP contribution in [0.15, 0.2) is 64.3 Å². The summed E-state index contributed by atoms with van der Waals surface area (Å²) in [7, 11) is 0. The molecule has 1 aromatic heterocycles. The van der Waals surface area contributed by atoms with Crippen molar-refractivity contribution in [1.82, 2.24) is 5.32 Å². The number of aliphatic hydroxyl groups is 2. The number of carbonyl (C=O) groups is 7. The second kappa shape index (κ2) is 15.8. The van der Waals surface area contributed by atoms with Crippen LogP contribution in [0.3, 0.4) is 0 Å². The highest BCUT2D eigenvalue weighted by Crippen LogP contribution is 2.67. The number of amides is 1. The van der Waals surface area contributed by atoms with Gasteiger partial charge in [-0.05, 0) is 70.0 Å². The number of benzene rings is 1. The Labute approximate surface area is 361 Å². The van der Waals surface area contributed by atoms with E-state index in [9.17, 15) is 39.0 Å². The lowest BCUT2D eigenvalue weighted by molar-refractivity contribution is -0.345. The Balaban J connectivity index is 1.46. The third-order valence-electron chi connectivity index (χ3n) is 13.0. The van der Waals surface area contributed by atoms with Crippen LogP contribution in [-0.2, 0) is 57.1 Å². The SMILES string of the molecule is CC(=O)O[C@H]1C(=O)[C@@]2(C)C(C(OC(=O)c3ccccc3)[C@]34OC(=O)O[C@H]3[C@H](OC(=O)[C@H](O)[C@@H](NC(=O)OC(C)(C)C)c3ccco3)C(C)=C1C4(C)C)[C@]1(OC(C)=O)CO[C@@H]1C[C@@H]2O. The van der Waals surface area contributed by atoms with Crippen LogP contribution in [-0.4, -0.2) is 118 Å². The molecule has 5 aliphatic rings. The molecule has 19 heteroatoms. The zero-order chi connectivity index (χ0) is 46.2. The highest BCUT2D eigenvalue weighted by Gasteiger charge is 2.83. The zero-order valence-corrected chi connectivity index (χ0v) is 36.2. The molecule has 2 saturated heterocycles. The maximum Gasteiger partial charge on any atom is 0.509 e. The molecule has 340 valence electrons. The average Bonchev–Trinajstić information content (AvgIpc) is 3.86. The van der Waals surface area contributed by atoms with Crippen molar-refractivity contribution >= 4 is 41.9 Å². The molecule has 2 bridgehead atoms. The van der Waals surface area contributed by atoms with Crippen LogP contribution in [0, 0.1) is 16.7 Å². The van der Waals surface area contributed by atoms with Gasteiger partial charge >= 0.3 is 36.1 Å². The van der Waals surface area contributed by atoms with E-state index in [1.807, 2.05) is 0 Å². The van der Waals surface area contributed by atoms with E-state index in [0.717, 1.165) is 13.8 Å². The summed E-state index contributed by atoms with van der Waals surface area (Å²) in [6.07, 6.45) is -13.9. The van der Waals surface area contributed by atoms with Gasteiger partial charge in [0.15, 0.2) is 41.9 Å². The number of alkyl carbamates (subject to hydrolysis) is 1. The fourth-order valence-corrected chi connectivity index (χ4v) is 10.3. The monoisotopic (exact) mass is 881 g/mol. The number of carbonyl (C=O) groups excluding carboxylic acids is 7. The Bertz CT molecular complexity index is 2230. The minimum Gasteiger partial charge on any atom is -0.467 e. The van der Waals surface area contributed by atoms with Crippen molar-refractivity contribution in [2.45, 2.75) is 134 Å². The molecule has 19 nitrogen and oxygen atoms in total. The molecule has 3 N–H and O–H groups in total. The smallest absolute Gasteiger partial charge is 0.467 e. The van der Waals surface area contributed by atoms with Crippen molar-refractivity contribution in [2.24, 2.45) is 16.7 Å². The number of fused-ring (bicyclic) bond motifs is 4. The van der Waals surface area contributed by atoms with Gasteiger partial charge in [0.25, 0.3) is 0 Å². The number of furan rings is 1. The number of Topliss-reactive ketones (excluding diaryl/α,β-unsaturated/α-hetero) is 1. The van der Waals surface area contributed by atoms with E-state index in [-0.39, 0.29) is 35.5 Å². The molecule has 2 aromatic rings. The maximum atomic E-state index is 15.6. The summed E-state index contributed by atoms with van der Waals surface area (Å²) < 4.78 is 53.5. The van der Waals surface area contributed by atoms with Crippen LogP contribution in [0.25, 0.3) is 0 Å². The number of ether oxygens (including phenoxy) is 8. The molecule has 7 rings (SSSR count). The third kappa shape index (κ3) is 7.22. The first-order valence-electron chi connectivity index (χ1n) is 20.4. The minimum atomic E-state index is -2.40. The molecule has 3 aliphatic carbocycles. The molecule has 0 radical (unpaired) electrons. The van der Waals surface area contributed by atoms with Gasteiger partial charge in [0, 0.05) is 25.7 Å².